The molecule has 1 saturated carbocycles. The summed E-state index contributed by atoms with van der Waals surface area (Å²) in [5.41, 5.74) is 6.12. The third-order valence-corrected chi connectivity index (χ3v) is 5.45. The third-order valence-electron chi connectivity index (χ3n) is 2.84. The molecule has 14 heavy (non-hydrogen) atoms. The Morgan fingerprint density at radius 2 is 2.36 bits per heavy atom. The van der Waals surface area contributed by atoms with Crippen LogP contribution in [0.3, 0.4) is 0 Å². The van der Waals surface area contributed by atoms with Gasteiger partial charge in [-0.1, -0.05) is 30.9 Å². The summed E-state index contributed by atoms with van der Waals surface area (Å²) < 4.78 is 0.998. The minimum absolute atomic E-state index is 0.175. The van der Waals surface area contributed by atoms with Gasteiger partial charge in [0.05, 0.1) is 8.81 Å². The SMILES string of the molecule is NC(CC1CCC1)c1cc(Cl)c(Br)s1. The van der Waals surface area contributed by atoms with Crippen LogP contribution in [0, 0.1) is 5.92 Å². The average molecular weight is 295 g/mol. The summed E-state index contributed by atoms with van der Waals surface area (Å²) >= 11 is 11.0. The summed E-state index contributed by atoms with van der Waals surface area (Å²) in [6.07, 6.45) is 5.21. The van der Waals surface area contributed by atoms with E-state index in [2.05, 4.69) is 15.9 Å². The average Bonchev–Trinajstić information content (AvgIpc) is 2.40. The lowest BCUT2D eigenvalue weighted by atomic mass is 9.81. The van der Waals surface area contributed by atoms with Crippen molar-refractivity contribution in [2.24, 2.45) is 11.7 Å². The standard InChI is InChI=1S/C10H13BrClNS/c11-10-7(12)5-9(14-10)8(13)4-6-2-1-3-6/h5-6,8H,1-4,13H2. The maximum absolute atomic E-state index is 6.12. The van der Waals surface area contributed by atoms with E-state index in [0.717, 1.165) is 21.1 Å². The molecule has 1 heterocycles. The lowest BCUT2D eigenvalue weighted by molar-refractivity contribution is 0.278. The summed E-state index contributed by atoms with van der Waals surface area (Å²) in [7, 11) is 0. The van der Waals surface area contributed by atoms with Gasteiger partial charge in [-0.15, -0.1) is 11.3 Å². The van der Waals surface area contributed by atoms with Crippen LogP contribution in [0.15, 0.2) is 9.85 Å². The molecule has 1 nitrogen and oxygen atoms in total. The molecule has 1 fully saturated rings. The lowest BCUT2D eigenvalue weighted by Gasteiger charge is -2.27. The van der Waals surface area contributed by atoms with E-state index in [9.17, 15) is 0 Å². The molecule has 0 spiro atoms. The van der Waals surface area contributed by atoms with E-state index >= 15 is 0 Å². The van der Waals surface area contributed by atoms with Gasteiger partial charge >= 0.3 is 0 Å². The van der Waals surface area contributed by atoms with Crippen molar-refractivity contribution in [3.63, 3.8) is 0 Å². The number of hydrogen-bond donors (Lipinski definition) is 1. The molecular weight excluding hydrogens is 282 g/mol. The molecule has 2 N–H and O–H groups in total. The number of rotatable bonds is 3. The number of halogens is 2. The Bertz CT molecular complexity index is 302. The zero-order chi connectivity index (χ0) is 10.1. The highest BCUT2D eigenvalue weighted by Crippen LogP contribution is 2.39. The zero-order valence-corrected chi connectivity index (χ0v) is 11.0. The normalized spacial score (nSPS) is 19.4. The van der Waals surface area contributed by atoms with Gasteiger partial charge in [0.2, 0.25) is 0 Å². The van der Waals surface area contributed by atoms with E-state index in [1.165, 1.54) is 24.1 Å². The van der Waals surface area contributed by atoms with Crippen LogP contribution in [0.5, 0.6) is 0 Å². The van der Waals surface area contributed by atoms with E-state index in [0.29, 0.717) is 0 Å². The van der Waals surface area contributed by atoms with Crippen molar-refractivity contribution < 1.29 is 0 Å². The summed E-state index contributed by atoms with van der Waals surface area (Å²) in [6, 6.07) is 2.16. The highest BCUT2D eigenvalue weighted by atomic mass is 79.9. The van der Waals surface area contributed by atoms with E-state index in [1.807, 2.05) is 6.07 Å². The summed E-state index contributed by atoms with van der Waals surface area (Å²) in [4.78, 5) is 1.20. The van der Waals surface area contributed by atoms with Crippen molar-refractivity contribution in [1.29, 1.82) is 0 Å². The maximum atomic E-state index is 6.12. The number of thiophene rings is 1. The Kier molecular flexibility index (Phi) is 3.53. The van der Waals surface area contributed by atoms with E-state index in [4.69, 9.17) is 17.3 Å². The minimum atomic E-state index is 0.175. The van der Waals surface area contributed by atoms with Crippen LogP contribution in [0.1, 0.15) is 36.6 Å². The van der Waals surface area contributed by atoms with Crippen molar-refractivity contribution in [1.82, 2.24) is 0 Å². The second-order valence-electron chi connectivity index (χ2n) is 3.91. The molecule has 0 aromatic carbocycles. The Hall–Kier alpha value is 0.430. The summed E-state index contributed by atoms with van der Waals surface area (Å²) in [5, 5.41) is 0.786. The molecule has 0 amide bonds. The predicted octanol–water partition coefficient (Wildman–Crippen LogP) is 4.35. The second-order valence-corrected chi connectivity index (χ2v) is 6.72. The first kappa shape index (κ1) is 10.9. The monoisotopic (exact) mass is 293 g/mol. The van der Waals surface area contributed by atoms with Gasteiger partial charge in [0, 0.05) is 10.9 Å². The number of hydrogen-bond acceptors (Lipinski definition) is 2. The van der Waals surface area contributed by atoms with E-state index < -0.39 is 0 Å². The molecule has 4 heteroatoms. The van der Waals surface area contributed by atoms with Crippen molar-refractivity contribution >= 4 is 38.9 Å². The second kappa shape index (κ2) is 4.52. The summed E-state index contributed by atoms with van der Waals surface area (Å²) in [5.74, 6) is 0.852. The highest BCUT2D eigenvalue weighted by Gasteiger charge is 2.22. The van der Waals surface area contributed by atoms with Crippen LogP contribution < -0.4 is 5.73 Å². The topological polar surface area (TPSA) is 26.0 Å². The van der Waals surface area contributed by atoms with E-state index in [-0.39, 0.29) is 6.04 Å². The molecule has 1 atom stereocenters. The fourth-order valence-electron chi connectivity index (χ4n) is 1.75. The number of nitrogens with two attached hydrogens (primary N) is 1. The molecule has 1 aliphatic carbocycles. The molecule has 0 saturated heterocycles. The first-order valence-electron chi connectivity index (χ1n) is 4.87. The van der Waals surface area contributed by atoms with Crippen molar-refractivity contribution in [3.8, 4) is 0 Å². The van der Waals surface area contributed by atoms with Gasteiger partial charge in [-0.25, -0.2) is 0 Å². The van der Waals surface area contributed by atoms with Crippen LogP contribution in [0.2, 0.25) is 5.02 Å². The van der Waals surface area contributed by atoms with Crippen LogP contribution >= 0.6 is 38.9 Å². The fraction of sp³-hybridized carbons (Fsp3) is 0.600. The van der Waals surface area contributed by atoms with Crippen LogP contribution in [-0.4, -0.2) is 0 Å². The minimum Gasteiger partial charge on any atom is -0.323 e. The Morgan fingerprint density at radius 3 is 2.79 bits per heavy atom. The molecule has 78 valence electrons. The van der Waals surface area contributed by atoms with Gasteiger partial charge in [-0.05, 0) is 34.3 Å². The van der Waals surface area contributed by atoms with Crippen LogP contribution in [0.25, 0.3) is 0 Å². The first-order valence-corrected chi connectivity index (χ1v) is 6.86. The largest absolute Gasteiger partial charge is 0.323 e. The molecule has 0 radical (unpaired) electrons. The van der Waals surface area contributed by atoms with Gasteiger partial charge in [-0.2, -0.15) is 0 Å². The molecule has 1 unspecified atom stereocenters. The maximum Gasteiger partial charge on any atom is 0.0887 e. The smallest absolute Gasteiger partial charge is 0.0887 e. The van der Waals surface area contributed by atoms with Gasteiger partial charge < -0.3 is 5.73 Å². The molecule has 1 aromatic rings. The molecule has 1 aliphatic rings. The Morgan fingerprint density at radius 1 is 1.64 bits per heavy atom. The van der Waals surface area contributed by atoms with Gasteiger partial charge in [0.15, 0.2) is 0 Å². The van der Waals surface area contributed by atoms with E-state index in [1.54, 1.807) is 11.3 Å². The first-order chi connectivity index (χ1) is 6.66. The molecule has 1 aromatic heterocycles. The highest BCUT2D eigenvalue weighted by molar-refractivity contribution is 9.11. The molecular formula is C10H13BrClNS. The fourth-order valence-corrected chi connectivity index (χ4v) is 3.51. The zero-order valence-electron chi connectivity index (χ0n) is 7.80. The Labute approximate surface area is 102 Å². The van der Waals surface area contributed by atoms with Crippen molar-refractivity contribution in [2.45, 2.75) is 31.7 Å². The van der Waals surface area contributed by atoms with Crippen molar-refractivity contribution in [2.75, 3.05) is 0 Å². The van der Waals surface area contributed by atoms with Gasteiger partial charge in [0.1, 0.15) is 0 Å². The third kappa shape index (κ3) is 2.32. The predicted molar refractivity (Wildman–Crippen MR) is 65.9 cm³/mol. The molecule has 0 bridgehead atoms. The Balaban J connectivity index is 1.98. The van der Waals surface area contributed by atoms with Crippen molar-refractivity contribution in [3.05, 3.63) is 19.8 Å². The lowest BCUT2D eigenvalue weighted by Crippen LogP contribution is -2.19. The van der Waals surface area contributed by atoms with Gasteiger partial charge in [-0.3, -0.25) is 0 Å². The summed E-state index contributed by atoms with van der Waals surface area (Å²) in [6.45, 7) is 0. The molecule has 2 rings (SSSR count). The van der Waals surface area contributed by atoms with Crippen LogP contribution in [0.4, 0.5) is 0 Å². The quantitative estimate of drug-likeness (QED) is 0.881. The van der Waals surface area contributed by atoms with Gasteiger partial charge in [0.25, 0.3) is 0 Å². The van der Waals surface area contributed by atoms with Crippen LogP contribution in [-0.2, 0) is 0 Å². The molecule has 0 aliphatic heterocycles.